The van der Waals surface area contributed by atoms with Gasteiger partial charge in [-0.3, -0.25) is 13.9 Å². The van der Waals surface area contributed by atoms with E-state index < -0.39 is 22.4 Å². The zero-order valence-electron chi connectivity index (χ0n) is 11.1. The molecule has 0 radical (unpaired) electrons. The molecule has 0 aliphatic heterocycles. The molecule has 0 saturated carbocycles. The third-order valence-corrected chi connectivity index (χ3v) is 1.71. The second-order valence-electron chi connectivity index (χ2n) is 3.26. The topological polar surface area (TPSA) is 158 Å². The van der Waals surface area contributed by atoms with Gasteiger partial charge in [0.15, 0.2) is 0 Å². The Bertz CT molecular complexity index is 486. The van der Waals surface area contributed by atoms with Gasteiger partial charge in [0.2, 0.25) is 0 Å². The fourth-order valence-corrected chi connectivity index (χ4v) is 0.973. The molecular formula is C9H14NNaO7S. The molecule has 0 heterocycles. The molecule has 0 fully saturated rings. The molecule has 6 N–H and O–H groups in total. The summed E-state index contributed by atoms with van der Waals surface area (Å²) in [6.45, 7) is 0. The Hall–Kier alpha value is -0.680. The molecule has 1 atom stereocenters. The normalized spacial score (nSPS) is 11.5. The van der Waals surface area contributed by atoms with Crippen molar-refractivity contribution in [3.63, 3.8) is 0 Å². The number of phenolic OH excluding ortho intramolecular Hbond substituents is 1. The molecule has 0 aliphatic rings. The van der Waals surface area contributed by atoms with Crippen LogP contribution in [-0.4, -0.2) is 39.7 Å². The van der Waals surface area contributed by atoms with Gasteiger partial charge in [-0.25, -0.2) is 0 Å². The number of nitrogens with two attached hydrogens (primary N) is 1. The molecule has 0 amide bonds. The van der Waals surface area contributed by atoms with Crippen LogP contribution in [0.2, 0.25) is 0 Å². The van der Waals surface area contributed by atoms with Gasteiger partial charge in [0.25, 0.3) is 0 Å². The summed E-state index contributed by atoms with van der Waals surface area (Å²) in [4.78, 5) is 10.4. The molecule has 0 saturated heterocycles. The van der Waals surface area contributed by atoms with Crippen molar-refractivity contribution in [1.82, 2.24) is 0 Å². The van der Waals surface area contributed by atoms with E-state index in [0.717, 1.165) is 5.56 Å². The van der Waals surface area contributed by atoms with Crippen molar-refractivity contribution in [2.45, 2.75) is 12.5 Å². The van der Waals surface area contributed by atoms with Crippen LogP contribution in [0.25, 0.3) is 0 Å². The van der Waals surface area contributed by atoms with E-state index >= 15 is 0 Å². The van der Waals surface area contributed by atoms with Crippen molar-refractivity contribution >= 4 is 16.4 Å². The largest absolute Gasteiger partial charge is 1.00 e. The molecule has 0 aliphatic carbocycles. The first-order chi connectivity index (χ1) is 8.09. The summed E-state index contributed by atoms with van der Waals surface area (Å²) in [5, 5.41) is 17.5. The van der Waals surface area contributed by atoms with E-state index in [-0.39, 0.29) is 43.2 Å². The predicted molar refractivity (Wildman–Crippen MR) is 62.7 cm³/mol. The number of carbonyl (C=O) groups is 1. The van der Waals surface area contributed by atoms with Crippen molar-refractivity contribution in [2.24, 2.45) is 5.73 Å². The first-order valence-corrected chi connectivity index (χ1v) is 5.95. The number of hydrogen-bond donors (Lipinski definition) is 5. The van der Waals surface area contributed by atoms with Crippen molar-refractivity contribution in [1.29, 1.82) is 0 Å². The minimum atomic E-state index is -4.67. The zero-order valence-corrected chi connectivity index (χ0v) is 12.9. The van der Waals surface area contributed by atoms with Crippen LogP contribution in [0.3, 0.4) is 0 Å². The number of carboxylic acids is 1. The standard InChI is InChI=1S/C9H11NO3.Na.H2O4S.H/c10-8(9(12)13)5-6-1-3-7(11)4-2-6;;1-5(2,3)4;/h1-4,8,11H,5,10H2,(H,12,13);;(H2,1,2,3,4);/q;+1;;-1/t8-;;;/m1.../s1. The van der Waals surface area contributed by atoms with Crippen molar-refractivity contribution < 1.29 is 63.5 Å². The molecule has 10 heteroatoms. The maximum atomic E-state index is 10.4. The first-order valence-electron chi connectivity index (χ1n) is 4.55. The van der Waals surface area contributed by atoms with Gasteiger partial charge in [0.05, 0.1) is 0 Å². The summed E-state index contributed by atoms with van der Waals surface area (Å²) in [7, 11) is -4.67. The van der Waals surface area contributed by atoms with Crippen molar-refractivity contribution in [3.8, 4) is 5.75 Å². The Balaban J connectivity index is -0.000000361. The number of aromatic hydroxyl groups is 1. The molecule has 104 valence electrons. The number of carboxylic acid groups (broad SMARTS) is 1. The van der Waals surface area contributed by atoms with Gasteiger partial charge in [0, 0.05) is 0 Å². The molecule has 1 rings (SSSR count). The molecule has 0 aromatic heterocycles. The summed E-state index contributed by atoms with van der Waals surface area (Å²) in [6, 6.07) is 5.42. The van der Waals surface area contributed by atoms with E-state index in [1.165, 1.54) is 12.1 Å². The van der Waals surface area contributed by atoms with E-state index in [9.17, 15) is 4.79 Å². The second kappa shape index (κ2) is 9.26. The van der Waals surface area contributed by atoms with Gasteiger partial charge >= 0.3 is 45.9 Å². The first kappa shape index (κ1) is 20.6. The van der Waals surface area contributed by atoms with Gasteiger partial charge in [-0.15, -0.1) is 0 Å². The van der Waals surface area contributed by atoms with E-state index in [1.807, 2.05) is 0 Å². The summed E-state index contributed by atoms with van der Waals surface area (Å²) in [6.07, 6.45) is 0.273. The third kappa shape index (κ3) is 13.6. The van der Waals surface area contributed by atoms with Crippen LogP contribution in [0.1, 0.15) is 6.99 Å². The Morgan fingerprint density at radius 1 is 1.26 bits per heavy atom. The number of benzene rings is 1. The van der Waals surface area contributed by atoms with E-state index in [2.05, 4.69) is 0 Å². The van der Waals surface area contributed by atoms with Crippen LogP contribution in [0.4, 0.5) is 0 Å². The van der Waals surface area contributed by atoms with Crippen molar-refractivity contribution in [2.75, 3.05) is 0 Å². The Morgan fingerprint density at radius 3 is 1.95 bits per heavy atom. The smallest absolute Gasteiger partial charge is 1.00 e. The fourth-order valence-electron chi connectivity index (χ4n) is 0.973. The third-order valence-electron chi connectivity index (χ3n) is 1.71. The van der Waals surface area contributed by atoms with Gasteiger partial charge < -0.3 is 17.4 Å². The Kier molecular flexibility index (Phi) is 10.1. The maximum absolute atomic E-state index is 10.4. The summed E-state index contributed by atoms with van der Waals surface area (Å²) in [5.41, 5.74) is 6.12. The van der Waals surface area contributed by atoms with E-state index in [4.69, 9.17) is 33.5 Å². The molecular weight excluding hydrogens is 289 g/mol. The molecule has 0 unspecified atom stereocenters. The molecule has 0 bridgehead atoms. The number of aliphatic carboxylic acids is 1. The number of phenols is 1. The average molecular weight is 303 g/mol. The molecule has 0 spiro atoms. The maximum Gasteiger partial charge on any atom is 1.00 e. The minimum absolute atomic E-state index is 0. The van der Waals surface area contributed by atoms with Crippen LogP contribution >= 0.6 is 0 Å². The molecule has 8 nitrogen and oxygen atoms in total. The number of hydrogen-bond acceptors (Lipinski definition) is 5. The number of rotatable bonds is 3. The van der Waals surface area contributed by atoms with Crippen LogP contribution in [0, 0.1) is 0 Å². The summed E-state index contributed by atoms with van der Waals surface area (Å²) in [5.74, 6) is -0.860. The van der Waals surface area contributed by atoms with E-state index in [0.29, 0.717) is 0 Å². The van der Waals surface area contributed by atoms with Gasteiger partial charge in [-0.05, 0) is 24.1 Å². The monoisotopic (exact) mass is 303 g/mol. The molecule has 19 heavy (non-hydrogen) atoms. The Morgan fingerprint density at radius 2 is 1.63 bits per heavy atom. The van der Waals surface area contributed by atoms with Crippen molar-refractivity contribution in [3.05, 3.63) is 29.8 Å². The summed E-state index contributed by atoms with van der Waals surface area (Å²) >= 11 is 0. The van der Waals surface area contributed by atoms with Gasteiger partial charge in [0.1, 0.15) is 11.8 Å². The summed E-state index contributed by atoms with van der Waals surface area (Å²) < 4.78 is 31.6. The Labute approximate surface area is 133 Å². The molecule has 1 aromatic rings. The van der Waals surface area contributed by atoms with Crippen LogP contribution in [0.5, 0.6) is 5.75 Å². The van der Waals surface area contributed by atoms with Crippen LogP contribution < -0.4 is 35.3 Å². The quantitative estimate of drug-likeness (QED) is 0.288. The zero-order chi connectivity index (χ0) is 14.3. The van der Waals surface area contributed by atoms with Crippen LogP contribution in [-0.2, 0) is 21.6 Å². The fraction of sp³-hybridized carbons (Fsp3) is 0.222. The van der Waals surface area contributed by atoms with E-state index in [1.54, 1.807) is 12.1 Å². The SMILES string of the molecule is N[C@H](Cc1ccc(O)cc1)C(=O)O.O=S(=O)(O)O.[H-].[Na+]. The van der Waals surface area contributed by atoms with Crippen LogP contribution in [0.15, 0.2) is 24.3 Å². The predicted octanol–water partition coefficient (Wildman–Crippen LogP) is -3.19. The van der Waals surface area contributed by atoms with Gasteiger partial charge in [-0.1, -0.05) is 12.1 Å². The average Bonchev–Trinajstić information content (AvgIpc) is 2.18. The van der Waals surface area contributed by atoms with Gasteiger partial charge in [-0.2, -0.15) is 8.42 Å². The second-order valence-corrected chi connectivity index (χ2v) is 4.16. The minimum Gasteiger partial charge on any atom is -1.00 e. The molecule has 1 aromatic carbocycles.